The van der Waals surface area contributed by atoms with Gasteiger partial charge in [-0.05, 0) is 57.1 Å². The topological polar surface area (TPSA) is 72.7 Å². The number of nitrogens with zero attached hydrogens (tertiary/aromatic N) is 4. The maximum absolute atomic E-state index is 12.9. The summed E-state index contributed by atoms with van der Waals surface area (Å²) in [6.45, 7) is 2.66. The molecule has 2 aromatic carbocycles. The predicted molar refractivity (Wildman–Crippen MR) is 110 cm³/mol. The highest BCUT2D eigenvalue weighted by Crippen LogP contribution is 2.28. The Morgan fingerprint density at radius 1 is 1.14 bits per heavy atom. The standard InChI is InChI=1S/C21H19N5OS/c1-15(16-6-3-2-4-7-16)13-22-21(27)18-10-17(20-8-5-9-28-20)11-19(12-18)26-14-23-24-25-26/h2-12,14-15H,13H2,1H3,(H,22,27). The molecule has 0 aliphatic carbocycles. The van der Waals surface area contributed by atoms with Crippen LogP contribution >= 0.6 is 11.3 Å². The monoisotopic (exact) mass is 389 g/mol. The maximum atomic E-state index is 12.9. The SMILES string of the molecule is CC(CNC(=O)c1cc(-c2cccs2)cc(-n2cnnn2)c1)c1ccccc1. The molecule has 4 aromatic rings. The molecule has 28 heavy (non-hydrogen) atoms. The Bertz CT molecular complexity index is 993. The smallest absolute Gasteiger partial charge is 0.251 e. The molecule has 4 rings (SSSR count). The fourth-order valence-corrected chi connectivity index (χ4v) is 3.70. The van der Waals surface area contributed by atoms with Gasteiger partial charge in [0.2, 0.25) is 0 Å². The van der Waals surface area contributed by atoms with Crippen LogP contribution in [-0.4, -0.2) is 32.7 Å². The van der Waals surface area contributed by atoms with E-state index in [9.17, 15) is 4.79 Å². The maximum Gasteiger partial charge on any atom is 0.251 e. The molecule has 1 amide bonds. The van der Waals surface area contributed by atoms with Crippen LogP contribution < -0.4 is 5.32 Å². The van der Waals surface area contributed by atoms with Crippen LogP contribution in [0.25, 0.3) is 16.1 Å². The van der Waals surface area contributed by atoms with Gasteiger partial charge in [0.15, 0.2) is 0 Å². The molecule has 0 saturated heterocycles. The van der Waals surface area contributed by atoms with Gasteiger partial charge in [0.25, 0.3) is 5.91 Å². The average Bonchev–Trinajstić information content (AvgIpc) is 3.46. The van der Waals surface area contributed by atoms with Gasteiger partial charge in [-0.1, -0.05) is 43.3 Å². The lowest BCUT2D eigenvalue weighted by molar-refractivity contribution is 0.0951. The molecule has 0 aliphatic rings. The second-order valence-electron chi connectivity index (χ2n) is 6.52. The predicted octanol–water partition coefficient (Wildman–Crippen LogP) is 3.92. The van der Waals surface area contributed by atoms with E-state index >= 15 is 0 Å². The van der Waals surface area contributed by atoms with Gasteiger partial charge in [-0.25, -0.2) is 4.68 Å². The van der Waals surface area contributed by atoms with Crippen molar-refractivity contribution in [3.8, 4) is 16.1 Å². The minimum Gasteiger partial charge on any atom is -0.351 e. The van der Waals surface area contributed by atoms with E-state index in [1.807, 2.05) is 47.8 Å². The number of carbonyl (C=O) groups is 1. The van der Waals surface area contributed by atoms with Crippen LogP contribution in [0.1, 0.15) is 28.8 Å². The second kappa shape index (κ2) is 8.14. The lowest BCUT2D eigenvalue weighted by atomic mass is 10.0. The zero-order chi connectivity index (χ0) is 19.3. The van der Waals surface area contributed by atoms with Crippen molar-refractivity contribution in [3.05, 3.63) is 83.5 Å². The highest BCUT2D eigenvalue weighted by Gasteiger charge is 2.13. The Kier molecular flexibility index (Phi) is 5.25. The minimum absolute atomic E-state index is 0.115. The fourth-order valence-electron chi connectivity index (χ4n) is 2.99. The minimum atomic E-state index is -0.115. The number of tetrazole rings is 1. The summed E-state index contributed by atoms with van der Waals surface area (Å²) in [4.78, 5) is 13.9. The van der Waals surface area contributed by atoms with Crippen LogP contribution in [0.3, 0.4) is 0 Å². The number of carbonyl (C=O) groups excluding carboxylic acids is 1. The Labute approximate surface area is 166 Å². The normalized spacial score (nSPS) is 11.9. The average molecular weight is 389 g/mol. The van der Waals surface area contributed by atoms with Crippen LogP contribution in [-0.2, 0) is 0 Å². The number of rotatable bonds is 6. The van der Waals surface area contributed by atoms with E-state index in [-0.39, 0.29) is 11.8 Å². The molecular formula is C21H19N5OS. The second-order valence-corrected chi connectivity index (χ2v) is 7.47. The van der Waals surface area contributed by atoms with E-state index in [2.05, 4.69) is 39.9 Å². The largest absolute Gasteiger partial charge is 0.351 e. The molecule has 1 atom stereocenters. The van der Waals surface area contributed by atoms with Crippen molar-refractivity contribution in [2.24, 2.45) is 0 Å². The Morgan fingerprint density at radius 3 is 2.71 bits per heavy atom. The number of thiophene rings is 1. The van der Waals surface area contributed by atoms with Gasteiger partial charge in [0.1, 0.15) is 6.33 Å². The number of amides is 1. The first-order valence-corrected chi connectivity index (χ1v) is 9.84. The van der Waals surface area contributed by atoms with Gasteiger partial charge in [-0.15, -0.1) is 16.4 Å². The third-order valence-electron chi connectivity index (χ3n) is 4.54. The van der Waals surface area contributed by atoms with E-state index in [0.29, 0.717) is 12.1 Å². The molecule has 2 heterocycles. The molecule has 6 nitrogen and oxygen atoms in total. The summed E-state index contributed by atoms with van der Waals surface area (Å²) in [5.74, 6) is 0.111. The third kappa shape index (κ3) is 3.99. The summed E-state index contributed by atoms with van der Waals surface area (Å²) < 4.78 is 1.56. The van der Waals surface area contributed by atoms with Crippen molar-refractivity contribution < 1.29 is 4.79 Å². The van der Waals surface area contributed by atoms with Crippen molar-refractivity contribution in [3.63, 3.8) is 0 Å². The Morgan fingerprint density at radius 2 is 2.00 bits per heavy atom. The highest BCUT2D eigenvalue weighted by molar-refractivity contribution is 7.13. The first-order chi connectivity index (χ1) is 13.7. The zero-order valence-corrected chi connectivity index (χ0v) is 16.1. The van der Waals surface area contributed by atoms with E-state index < -0.39 is 0 Å². The molecule has 0 fully saturated rings. The van der Waals surface area contributed by atoms with Crippen molar-refractivity contribution in [1.82, 2.24) is 25.5 Å². The quantitative estimate of drug-likeness (QED) is 0.542. The zero-order valence-electron chi connectivity index (χ0n) is 15.3. The number of aromatic nitrogens is 4. The van der Waals surface area contributed by atoms with Crippen molar-refractivity contribution >= 4 is 17.2 Å². The van der Waals surface area contributed by atoms with Gasteiger partial charge >= 0.3 is 0 Å². The van der Waals surface area contributed by atoms with Gasteiger partial charge in [0, 0.05) is 17.0 Å². The molecule has 140 valence electrons. The van der Waals surface area contributed by atoms with Crippen molar-refractivity contribution in [2.75, 3.05) is 6.54 Å². The molecule has 0 aliphatic heterocycles. The molecule has 0 saturated carbocycles. The van der Waals surface area contributed by atoms with Gasteiger partial charge in [0.05, 0.1) is 5.69 Å². The Hall–Kier alpha value is -3.32. The molecule has 0 spiro atoms. The number of benzene rings is 2. The van der Waals surface area contributed by atoms with E-state index in [1.165, 1.54) is 11.9 Å². The molecule has 1 unspecified atom stereocenters. The summed E-state index contributed by atoms with van der Waals surface area (Å²) in [6, 6.07) is 19.9. The molecule has 2 aromatic heterocycles. The highest BCUT2D eigenvalue weighted by atomic mass is 32.1. The molecule has 1 N–H and O–H groups in total. The lowest BCUT2D eigenvalue weighted by Crippen LogP contribution is -2.27. The van der Waals surface area contributed by atoms with E-state index in [4.69, 9.17) is 0 Å². The van der Waals surface area contributed by atoms with Crippen LogP contribution in [0.15, 0.2) is 72.4 Å². The first-order valence-electron chi connectivity index (χ1n) is 8.96. The number of hydrogen-bond donors (Lipinski definition) is 1. The lowest BCUT2D eigenvalue weighted by Gasteiger charge is -2.14. The molecule has 0 radical (unpaired) electrons. The van der Waals surface area contributed by atoms with Crippen LogP contribution in [0.5, 0.6) is 0 Å². The fraction of sp³-hybridized carbons (Fsp3) is 0.143. The number of nitrogens with one attached hydrogen (secondary N) is 1. The number of hydrogen-bond acceptors (Lipinski definition) is 5. The van der Waals surface area contributed by atoms with Crippen LogP contribution in [0.4, 0.5) is 0 Å². The summed E-state index contributed by atoms with van der Waals surface area (Å²) in [6.07, 6.45) is 1.52. The van der Waals surface area contributed by atoms with Gasteiger partial charge in [-0.2, -0.15) is 0 Å². The summed E-state index contributed by atoms with van der Waals surface area (Å²) >= 11 is 1.63. The van der Waals surface area contributed by atoms with Crippen molar-refractivity contribution in [2.45, 2.75) is 12.8 Å². The van der Waals surface area contributed by atoms with Crippen LogP contribution in [0.2, 0.25) is 0 Å². The molecule has 7 heteroatoms. The van der Waals surface area contributed by atoms with Gasteiger partial charge < -0.3 is 5.32 Å². The summed E-state index contributed by atoms with van der Waals surface area (Å²) in [5.41, 5.74) is 3.49. The van der Waals surface area contributed by atoms with E-state index in [0.717, 1.165) is 16.1 Å². The van der Waals surface area contributed by atoms with Crippen molar-refractivity contribution in [1.29, 1.82) is 0 Å². The third-order valence-corrected chi connectivity index (χ3v) is 5.46. The molecule has 0 bridgehead atoms. The Balaban J connectivity index is 1.58. The molecular weight excluding hydrogens is 370 g/mol. The van der Waals surface area contributed by atoms with Crippen LogP contribution in [0, 0.1) is 0 Å². The first kappa shape index (κ1) is 18.1. The summed E-state index contributed by atoms with van der Waals surface area (Å²) in [7, 11) is 0. The van der Waals surface area contributed by atoms with E-state index in [1.54, 1.807) is 22.1 Å². The summed E-state index contributed by atoms with van der Waals surface area (Å²) in [5, 5.41) is 16.4. The van der Waals surface area contributed by atoms with Gasteiger partial charge in [-0.3, -0.25) is 4.79 Å².